The van der Waals surface area contributed by atoms with Gasteiger partial charge in [-0.2, -0.15) is 18.4 Å². The standard InChI is InChI=1S/C26H23BrClF4N5O5S/c27-14-5-18(29)21(35-8-14)25(11-34-12-25)23(39)37-9-16(7-19(37)22(38)36-24(10-33)3-4-24)43(40,41)20-2-1-15(6-17(20)28)42-13-26(30,31)32/h1-2,5-6,8,16,19,34H,3-4,7,9,11-13H2,(H,36,38). The van der Waals surface area contributed by atoms with E-state index in [1.54, 1.807) is 0 Å². The summed E-state index contributed by atoms with van der Waals surface area (Å²) in [7, 11) is -4.37. The molecule has 3 heterocycles. The molecular formula is C26H23BrClF4N5O5S. The van der Waals surface area contributed by atoms with E-state index in [9.17, 15) is 36.4 Å². The lowest BCUT2D eigenvalue weighted by molar-refractivity contribution is -0.153. The normalized spacial score (nSPS) is 22.3. The molecule has 2 saturated heterocycles. The van der Waals surface area contributed by atoms with E-state index in [-0.39, 0.29) is 31.0 Å². The summed E-state index contributed by atoms with van der Waals surface area (Å²) in [6.07, 6.45) is -2.90. The highest BCUT2D eigenvalue weighted by Crippen LogP contribution is 2.40. The number of nitriles is 1. The molecule has 2 unspecified atom stereocenters. The smallest absolute Gasteiger partial charge is 0.422 e. The fraction of sp³-hybridized carbons (Fsp3) is 0.462. The van der Waals surface area contributed by atoms with Crippen molar-refractivity contribution in [3.8, 4) is 11.8 Å². The lowest BCUT2D eigenvalue weighted by Crippen LogP contribution is -2.67. The highest BCUT2D eigenvalue weighted by molar-refractivity contribution is 9.10. The van der Waals surface area contributed by atoms with Gasteiger partial charge in [0, 0.05) is 36.4 Å². The number of pyridine rings is 1. The van der Waals surface area contributed by atoms with E-state index in [4.69, 9.17) is 11.6 Å². The average molecular weight is 709 g/mol. The van der Waals surface area contributed by atoms with Gasteiger partial charge in [0.05, 0.1) is 26.9 Å². The van der Waals surface area contributed by atoms with Gasteiger partial charge in [-0.3, -0.25) is 14.6 Å². The summed E-state index contributed by atoms with van der Waals surface area (Å²) in [4.78, 5) is 32.3. The molecule has 2 atom stereocenters. The van der Waals surface area contributed by atoms with Crippen LogP contribution >= 0.6 is 27.5 Å². The second-order valence-electron chi connectivity index (χ2n) is 10.7. The summed E-state index contributed by atoms with van der Waals surface area (Å²) in [5.41, 5.74) is -2.81. The number of rotatable bonds is 8. The van der Waals surface area contributed by atoms with Crippen molar-refractivity contribution in [1.29, 1.82) is 5.26 Å². The number of benzene rings is 1. The molecule has 1 aromatic heterocycles. The number of ether oxygens (including phenoxy) is 1. The van der Waals surface area contributed by atoms with Crippen LogP contribution in [0.15, 0.2) is 39.8 Å². The Balaban J connectivity index is 1.46. The molecule has 3 fully saturated rings. The third-order valence-corrected chi connectivity index (χ3v) is 10.8. The molecule has 0 radical (unpaired) electrons. The van der Waals surface area contributed by atoms with Crippen LogP contribution in [0.4, 0.5) is 17.6 Å². The summed E-state index contributed by atoms with van der Waals surface area (Å²) in [5.74, 6) is -2.54. The Labute approximate surface area is 256 Å². The van der Waals surface area contributed by atoms with E-state index < -0.39 is 79.0 Å². The van der Waals surface area contributed by atoms with Crippen LogP contribution in [0.1, 0.15) is 25.0 Å². The second kappa shape index (κ2) is 11.2. The number of sulfone groups is 1. The molecule has 0 spiro atoms. The van der Waals surface area contributed by atoms with Crippen molar-refractivity contribution in [2.24, 2.45) is 0 Å². The van der Waals surface area contributed by atoms with Crippen LogP contribution in [0.3, 0.4) is 0 Å². The zero-order chi connectivity index (χ0) is 31.4. The molecule has 2 aliphatic heterocycles. The van der Waals surface area contributed by atoms with E-state index >= 15 is 4.39 Å². The minimum absolute atomic E-state index is 0.0208. The van der Waals surface area contributed by atoms with E-state index in [1.807, 2.05) is 6.07 Å². The fourth-order valence-corrected chi connectivity index (χ4v) is 7.72. The van der Waals surface area contributed by atoms with Gasteiger partial charge in [-0.25, -0.2) is 12.8 Å². The van der Waals surface area contributed by atoms with Crippen molar-refractivity contribution in [1.82, 2.24) is 20.5 Å². The van der Waals surface area contributed by atoms with Crippen LogP contribution in [0.2, 0.25) is 5.02 Å². The molecule has 2 amide bonds. The maximum absolute atomic E-state index is 15.0. The van der Waals surface area contributed by atoms with Crippen molar-refractivity contribution in [2.45, 2.75) is 52.6 Å². The van der Waals surface area contributed by atoms with E-state index in [1.165, 1.54) is 6.20 Å². The highest BCUT2D eigenvalue weighted by atomic mass is 79.9. The Hall–Kier alpha value is -3.00. The van der Waals surface area contributed by atoms with Crippen molar-refractivity contribution in [3.63, 3.8) is 0 Å². The molecule has 2 aromatic rings. The number of carbonyl (C=O) groups is 2. The van der Waals surface area contributed by atoms with Crippen LogP contribution in [0.5, 0.6) is 5.75 Å². The molecule has 2 N–H and O–H groups in total. The Morgan fingerprint density at radius 2 is 1.98 bits per heavy atom. The van der Waals surface area contributed by atoms with Crippen molar-refractivity contribution in [3.05, 3.63) is 51.5 Å². The van der Waals surface area contributed by atoms with Gasteiger partial charge in [0.2, 0.25) is 11.8 Å². The molecule has 230 valence electrons. The molecule has 10 nitrogen and oxygen atoms in total. The number of alkyl halides is 3. The molecular weight excluding hydrogens is 686 g/mol. The zero-order valence-electron chi connectivity index (χ0n) is 22.1. The summed E-state index contributed by atoms with van der Waals surface area (Å²) < 4.78 is 85.1. The van der Waals surface area contributed by atoms with E-state index in [0.29, 0.717) is 17.3 Å². The first-order valence-electron chi connectivity index (χ1n) is 12.9. The fourth-order valence-electron chi connectivity index (χ4n) is 5.19. The first-order valence-corrected chi connectivity index (χ1v) is 15.6. The van der Waals surface area contributed by atoms with Crippen LogP contribution < -0.4 is 15.4 Å². The van der Waals surface area contributed by atoms with Gasteiger partial charge in [-0.15, -0.1) is 0 Å². The van der Waals surface area contributed by atoms with Gasteiger partial charge in [0.15, 0.2) is 16.4 Å². The number of halogens is 6. The van der Waals surface area contributed by atoms with Gasteiger partial charge < -0.3 is 20.3 Å². The third-order valence-electron chi connectivity index (χ3n) is 7.73. The summed E-state index contributed by atoms with van der Waals surface area (Å²) >= 11 is 9.30. The molecule has 0 bridgehead atoms. The van der Waals surface area contributed by atoms with Gasteiger partial charge in [-0.1, -0.05) is 11.6 Å². The lowest BCUT2D eigenvalue weighted by atomic mass is 9.76. The van der Waals surface area contributed by atoms with Gasteiger partial charge >= 0.3 is 6.18 Å². The number of hydrogen-bond acceptors (Lipinski definition) is 8. The second-order valence-corrected chi connectivity index (χ2v) is 14.2. The minimum atomic E-state index is -4.63. The third kappa shape index (κ3) is 6.04. The van der Waals surface area contributed by atoms with Crippen molar-refractivity contribution < 1.29 is 40.3 Å². The van der Waals surface area contributed by atoms with E-state index in [2.05, 4.69) is 36.3 Å². The molecule has 17 heteroatoms. The average Bonchev–Trinajstić information content (AvgIpc) is 3.52. The maximum atomic E-state index is 15.0. The predicted molar refractivity (Wildman–Crippen MR) is 146 cm³/mol. The lowest BCUT2D eigenvalue weighted by Gasteiger charge is -2.44. The monoisotopic (exact) mass is 707 g/mol. The number of nitrogens with one attached hydrogen (secondary N) is 2. The maximum Gasteiger partial charge on any atom is 0.422 e. The van der Waals surface area contributed by atoms with Gasteiger partial charge in [0.25, 0.3) is 0 Å². The van der Waals surface area contributed by atoms with E-state index in [0.717, 1.165) is 29.2 Å². The number of carbonyl (C=O) groups excluding carboxylic acids is 2. The molecule has 43 heavy (non-hydrogen) atoms. The largest absolute Gasteiger partial charge is 0.484 e. The first-order chi connectivity index (χ1) is 20.1. The van der Waals surface area contributed by atoms with Gasteiger partial charge in [0.1, 0.15) is 28.6 Å². The van der Waals surface area contributed by atoms with Crippen LogP contribution in [-0.4, -0.2) is 79.4 Å². The summed E-state index contributed by atoms with van der Waals surface area (Å²) in [5, 5.41) is 13.2. The first kappa shape index (κ1) is 31.4. The molecule has 3 aliphatic rings. The topological polar surface area (TPSA) is 141 Å². The molecule has 1 aromatic carbocycles. The molecule has 5 rings (SSSR count). The Bertz CT molecular complexity index is 1630. The van der Waals surface area contributed by atoms with Gasteiger partial charge in [-0.05, 0) is 53.4 Å². The minimum Gasteiger partial charge on any atom is -0.484 e. The zero-order valence-corrected chi connectivity index (χ0v) is 25.2. The Morgan fingerprint density at radius 1 is 1.28 bits per heavy atom. The predicted octanol–water partition coefficient (Wildman–Crippen LogP) is 3.03. The molecule has 1 aliphatic carbocycles. The summed E-state index contributed by atoms with van der Waals surface area (Å²) in [6.45, 7) is -2.12. The number of aromatic nitrogens is 1. The molecule has 1 saturated carbocycles. The number of nitrogens with zero attached hydrogens (tertiary/aromatic N) is 3. The number of hydrogen-bond donors (Lipinski definition) is 2. The Morgan fingerprint density at radius 3 is 2.51 bits per heavy atom. The number of amides is 2. The van der Waals surface area contributed by atoms with Crippen molar-refractivity contribution >= 4 is 49.2 Å². The SMILES string of the molecule is N#CC1(NC(=O)C2CC(S(=O)(=O)c3ccc(OCC(F)(F)F)cc3Cl)CN2C(=O)C2(c3ncc(Br)cc3F)CNC2)CC1. The van der Waals surface area contributed by atoms with Crippen LogP contribution in [-0.2, 0) is 24.8 Å². The summed E-state index contributed by atoms with van der Waals surface area (Å²) in [6, 6.07) is 4.78. The quantitative estimate of drug-likeness (QED) is 0.399. The number of likely N-dealkylation sites (tertiary alicyclic amines) is 1. The van der Waals surface area contributed by atoms with Crippen LogP contribution in [0.25, 0.3) is 0 Å². The van der Waals surface area contributed by atoms with Crippen molar-refractivity contribution in [2.75, 3.05) is 26.2 Å². The Kier molecular flexibility index (Phi) is 8.16. The van der Waals surface area contributed by atoms with Crippen LogP contribution in [0, 0.1) is 17.1 Å². The highest BCUT2D eigenvalue weighted by Gasteiger charge is 2.57.